The summed E-state index contributed by atoms with van der Waals surface area (Å²) in [7, 11) is 0. The van der Waals surface area contributed by atoms with Gasteiger partial charge in [-0.05, 0) is 74.2 Å². The Morgan fingerprint density at radius 1 is 1.04 bits per heavy atom. The van der Waals surface area contributed by atoms with Gasteiger partial charge in [0.15, 0.2) is 6.61 Å². The Morgan fingerprint density at radius 2 is 1.68 bits per heavy atom. The van der Waals surface area contributed by atoms with Crippen molar-refractivity contribution in [3.05, 3.63) is 54.1 Å². The van der Waals surface area contributed by atoms with E-state index in [0.717, 1.165) is 18.6 Å². The molecule has 0 heterocycles. The van der Waals surface area contributed by atoms with Gasteiger partial charge in [-0.2, -0.15) is 5.26 Å². The minimum atomic E-state index is -0.242. The molecule has 1 N–H and O–H groups in total. The highest BCUT2D eigenvalue weighted by Gasteiger charge is 2.16. The van der Waals surface area contributed by atoms with Gasteiger partial charge < -0.3 is 14.8 Å². The van der Waals surface area contributed by atoms with Crippen LogP contribution in [0.25, 0.3) is 0 Å². The van der Waals surface area contributed by atoms with Crippen LogP contribution in [-0.2, 0) is 4.79 Å². The second-order valence-electron chi connectivity index (χ2n) is 6.02. The fourth-order valence-electron chi connectivity index (χ4n) is 2.79. The highest BCUT2D eigenvalue weighted by molar-refractivity contribution is 5.91. The first-order valence-corrected chi connectivity index (χ1v) is 8.42. The Labute approximate surface area is 147 Å². The van der Waals surface area contributed by atoms with Crippen molar-refractivity contribution in [2.45, 2.75) is 31.8 Å². The Bertz CT molecular complexity index is 742. The molecule has 1 aliphatic rings. The molecule has 25 heavy (non-hydrogen) atoms. The van der Waals surface area contributed by atoms with Crippen molar-refractivity contribution < 1.29 is 14.3 Å². The summed E-state index contributed by atoms with van der Waals surface area (Å²) in [4.78, 5) is 12.0. The number of ether oxygens (including phenoxy) is 2. The summed E-state index contributed by atoms with van der Waals surface area (Å²) in [6, 6.07) is 16.1. The van der Waals surface area contributed by atoms with Gasteiger partial charge in [-0.3, -0.25) is 4.79 Å². The average Bonchev–Trinajstić information content (AvgIpc) is 3.15. The van der Waals surface area contributed by atoms with E-state index in [-0.39, 0.29) is 12.5 Å². The van der Waals surface area contributed by atoms with E-state index in [4.69, 9.17) is 14.7 Å². The van der Waals surface area contributed by atoms with E-state index in [9.17, 15) is 4.79 Å². The van der Waals surface area contributed by atoms with E-state index in [1.54, 1.807) is 24.3 Å². The maximum absolute atomic E-state index is 12.0. The summed E-state index contributed by atoms with van der Waals surface area (Å²) in [6.07, 6.45) is 5.02. The van der Waals surface area contributed by atoms with Crippen LogP contribution in [0.5, 0.6) is 11.5 Å². The van der Waals surface area contributed by atoms with Crippen LogP contribution >= 0.6 is 0 Å². The predicted octanol–water partition coefficient (Wildman–Crippen LogP) is 3.90. The van der Waals surface area contributed by atoms with Crippen LogP contribution in [0.3, 0.4) is 0 Å². The second kappa shape index (κ2) is 8.20. The summed E-state index contributed by atoms with van der Waals surface area (Å²) in [6.45, 7) is -0.0910. The lowest BCUT2D eigenvalue weighted by atomic mass is 10.2. The van der Waals surface area contributed by atoms with E-state index >= 15 is 0 Å². The molecule has 2 aromatic rings. The van der Waals surface area contributed by atoms with Crippen LogP contribution in [0.2, 0.25) is 0 Å². The van der Waals surface area contributed by atoms with Crippen LogP contribution in [0.1, 0.15) is 31.2 Å². The van der Waals surface area contributed by atoms with Crippen LogP contribution < -0.4 is 14.8 Å². The zero-order chi connectivity index (χ0) is 17.5. The third kappa shape index (κ3) is 4.98. The molecule has 1 aliphatic carbocycles. The molecule has 1 saturated carbocycles. The first-order valence-electron chi connectivity index (χ1n) is 8.42. The standard InChI is InChI=1S/C20H20N2O3/c21-13-15-5-9-17(10-6-15)24-14-20(23)22-16-7-11-19(12-8-16)25-18-3-1-2-4-18/h5-12,18H,1-4,14H2,(H,22,23). The van der Waals surface area contributed by atoms with Crippen LogP contribution in [-0.4, -0.2) is 18.6 Å². The molecule has 0 saturated heterocycles. The van der Waals surface area contributed by atoms with Crippen molar-refractivity contribution in [1.29, 1.82) is 5.26 Å². The minimum Gasteiger partial charge on any atom is -0.490 e. The number of nitrogens with one attached hydrogen (secondary N) is 1. The largest absolute Gasteiger partial charge is 0.490 e. The van der Waals surface area contributed by atoms with E-state index in [1.165, 1.54) is 12.8 Å². The third-order valence-electron chi connectivity index (χ3n) is 4.10. The Hall–Kier alpha value is -3.00. The molecule has 0 aromatic heterocycles. The molecule has 3 rings (SSSR count). The van der Waals surface area contributed by atoms with Crippen molar-refractivity contribution in [3.63, 3.8) is 0 Å². The number of hydrogen-bond acceptors (Lipinski definition) is 4. The van der Waals surface area contributed by atoms with Crippen molar-refractivity contribution in [1.82, 2.24) is 0 Å². The number of amides is 1. The fraction of sp³-hybridized carbons (Fsp3) is 0.300. The van der Waals surface area contributed by atoms with Gasteiger partial charge in [0.05, 0.1) is 17.7 Å². The van der Waals surface area contributed by atoms with E-state index in [1.807, 2.05) is 30.3 Å². The lowest BCUT2D eigenvalue weighted by molar-refractivity contribution is -0.118. The Morgan fingerprint density at radius 3 is 2.32 bits per heavy atom. The quantitative estimate of drug-likeness (QED) is 0.868. The van der Waals surface area contributed by atoms with Gasteiger partial charge in [0.25, 0.3) is 5.91 Å². The molecular weight excluding hydrogens is 316 g/mol. The molecule has 5 heteroatoms. The number of nitrogens with zero attached hydrogens (tertiary/aromatic N) is 1. The van der Waals surface area contributed by atoms with Gasteiger partial charge >= 0.3 is 0 Å². The van der Waals surface area contributed by atoms with Gasteiger partial charge in [-0.1, -0.05) is 0 Å². The van der Waals surface area contributed by atoms with E-state index < -0.39 is 0 Å². The maximum Gasteiger partial charge on any atom is 0.262 e. The first-order chi connectivity index (χ1) is 12.2. The van der Waals surface area contributed by atoms with Gasteiger partial charge in [-0.15, -0.1) is 0 Å². The van der Waals surface area contributed by atoms with E-state index in [2.05, 4.69) is 5.32 Å². The second-order valence-corrected chi connectivity index (χ2v) is 6.02. The summed E-state index contributed by atoms with van der Waals surface area (Å²) in [5, 5.41) is 11.5. The first kappa shape index (κ1) is 16.8. The number of carbonyl (C=O) groups excluding carboxylic acids is 1. The lowest BCUT2D eigenvalue weighted by Crippen LogP contribution is -2.20. The highest BCUT2D eigenvalue weighted by atomic mass is 16.5. The summed E-state index contributed by atoms with van der Waals surface area (Å²) >= 11 is 0. The normalized spacial score (nSPS) is 13.9. The smallest absolute Gasteiger partial charge is 0.262 e. The summed E-state index contributed by atoms with van der Waals surface area (Å²) in [5.74, 6) is 1.14. The zero-order valence-corrected chi connectivity index (χ0v) is 13.9. The van der Waals surface area contributed by atoms with Crippen molar-refractivity contribution >= 4 is 11.6 Å². The van der Waals surface area contributed by atoms with E-state index in [0.29, 0.717) is 23.1 Å². The SMILES string of the molecule is N#Cc1ccc(OCC(=O)Nc2ccc(OC3CCCC3)cc2)cc1. The molecule has 0 bridgehead atoms. The highest BCUT2D eigenvalue weighted by Crippen LogP contribution is 2.25. The molecule has 1 amide bonds. The summed E-state index contributed by atoms with van der Waals surface area (Å²) < 4.78 is 11.3. The fourth-order valence-corrected chi connectivity index (χ4v) is 2.79. The van der Waals surface area contributed by atoms with Crippen LogP contribution in [0.15, 0.2) is 48.5 Å². The molecule has 0 aliphatic heterocycles. The zero-order valence-electron chi connectivity index (χ0n) is 13.9. The lowest BCUT2D eigenvalue weighted by Gasteiger charge is -2.13. The molecule has 5 nitrogen and oxygen atoms in total. The molecule has 0 unspecified atom stereocenters. The average molecular weight is 336 g/mol. The van der Waals surface area contributed by atoms with Crippen molar-refractivity contribution in [3.8, 4) is 17.6 Å². The number of anilines is 1. The van der Waals surface area contributed by atoms with Gasteiger partial charge in [0.1, 0.15) is 11.5 Å². The van der Waals surface area contributed by atoms with Gasteiger partial charge in [0.2, 0.25) is 0 Å². The molecule has 0 spiro atoms. The Balaban J connectivity index is 1.46. The van der Waals surface area contributed by atoms with Gasteiger partial charge in [0, 0.05) is 5.69 Å². The number of benzene rings is 2. The van der Waals surface area contributed by atoms with Crippen LogP contribution in [0.4, 0.5) is 5.69 Å². The van der Waals surface area contributed by atoms with Crippen molar-refractivity contribution in [2.75, 3.05) is 11.9 Å². The topological polar surface area (TPSA) is 71.3 Å². The molecular formula is C20H20N2O3. The number of hydrogen-bond donors (Lipinski definition) is 1. The number of nitriles is 1. The maximum atomic E-state index is 12.0. The number of carbonyl (C=O) groups is 1. The number of rotatable bonds is 6. The summed E-state index contributed by atoms with van der Waals surface area (Å²) in [5.41, 5.74) is 1.25. The van der Waals surface area contributed by atoms with Crippen LogP contribution in [0, 0.1) is 11.3 Å². The van der Waals surface area contributed by atoms with Gasteiger partial charge in [-0.25, -0.2) is 0 Å². The molecule has 0 atom stereocenters. The molecule has 0 radical (unpaired) electrons. The predicted molar refractivity (Wildman–Crippen MR) is 94.6 cm³/mol. The molecule has 2 aromatic carbocycles. The Kier molecular flexibility index (Phi) is 5.53. The monoisotopic (exact) mass is 336 g/mol. The van der Waals surface area contributed by atoms with Crippen molar-refractivity contribution in [2.24, 2.45) is 0 Å². The molecule has 1 fully saturated rings. The minimum absolute atomic E-state index is 0.0910. The molecule has 128 valence electrons. The third-order valence-corrected chi connectivity index (χ3v) is 4.10.